The number of hydrogen-bond donors (Lipinski definition) is 1. The average molecular weight is 250 g/mol. The van der Waals surface area contributed by atoms with E-state index in [2.05, 4.69) is 10.3 Å². The van der Waals surface area contributed by atoms with Crippen LogP contribution in [0.25, 0.3) is 0 Å². The van der Waals surface area contributed by atoms with Gasteiger partial charge >= 0.3 is 0 Å². The Morgan fingerprint density at radius 3 is 2.73 bits per heavy atom. The van der Waals surface area contributed by atoms with Crippen LogP contribution in [0.2, 0.25) is 0 Å². The number of aliphatic imine (C=N–C) groups is 1. The van der Waals surface area contributed by atoms with Crippen molar-refractivity contribution in [1.82, 2.24) is 5.32 Å². The molecule has 0 radical (unpaired) electrons. The van der Waals surface area contributed by atoms with Crippen molar-refractivity contribution in [3.63, 3.8) is 0 Å². The predicted octanol–water partition coefficient (Wildman–Crippen LogP) is 0.892. The van der Waals surface area contributed by atoms with E-state index in [4.69, 9.17) is 0 Å². The Labute approximate surface area is 95.8 Å². The maximum atomic E-state index is 11.3. The smallest absolute Gasteiger partial charge is 0.156 e. The first-order valence-corrected chi connectivity index (χ1v) is 7.93. The van der Waals surface area contributed by atoms with Crippen LogP contribution in [0.5, 0.6) is 0 Å². The van der Waals surface area contributed by atoms with Crippen LogP contribution in [0.4, 0.5) is 0 Å². The molecular formula is C9H18N2O2S2. The number of sulfone groups is 1. The molecule has 1 aliphatic rings. The van der Waals surface area contributed by atoms with Gasteiger partial charge in [-0.1, -0.05) is 11.8 Å². The normalized spacial score (nSPS) is 25.5. The summed E-state index contributed by atoms with van der Waals surface area (Å²) in [6.07, 6.45) is 0.751. The van der Waals surface area contributed by atoms with Gasteiger partial charge in [-0.2, -0.15) is 0 Å². The highest BCUT2D eigenvalue weighted by Crippen LogP contribution is 2.24. The Hall–Kier alpha value is -0.230. The van der Waals surface area contributed by atoms with Gasteiger partial charge in [0.25, 0.3) is 0 Å². The lowest BCUT2D eigenvalue weighted by Gasteiger charge is -2.10. The van der Waals surface area contributed by atoms with Gasteiger partial charge in [0.05, 0.1) is 11.5 Å². The van der Waals surface area contributed by atoms with Crippen molar-refractivity contribution < 1.29 is 8.42 Å². The second-order valence-electron chi connectivity index (χ2n) is 3.45. The molecule has 0 aliphatic carbocycles. The summed E-state index contributed by atoms with van der Waals surface area (Å²) in [6.45, 7) is 5.54. The van der Waals surface area contributed by atoms with Gasteiger partial charge < -0.3 is 5.32 Å². The second kappa shape index (κ2) is 5.75. The molecule has 1 saturated heterocycles. The molecule has 0 aromatic heterocycles. The van der Waals surface area contributed by atoms with Gasteiger partial charge in [0, 0.05) is 18.3 Å². The molecule has 15 heavy (non-hydrogen) atoms. The molecule has 1 unspecified atom stereocenters. The van der Waals surface area contributed by atoms with Crippen molar-refractivity contribution in [1.29, 1.82) is 0 Å². The molecule has 0 spiro atoms. The molecular weight excluding hydrogens is 232 g/mol. The summed E-state index contributed by atoms with van der Waals surface area (Å²) in [6, 6.07) is 0. The summed E-state index contributed by atoms with van der Waals surface area (Å²) in [7, 11) is -2.77. The van der Waals surface area contributed by atoms with Gasteiger partial charge in [-0.3, -0.25) is 4.99 Å². The van der Waals surface area contributed by atoms with Crippen LogP contribution in [0.1, 0.15) is 20.3 Å². The van der Waals surface area contributed by atoms with Gasteiger partial charge in [0.15, 0.2) is 15.0 Å². The number of rotatable bonds is 3. The molecule has 6 heteroatoms. The number of amidine groups is 1. The Kier molecular flexibility index (Phi) is 4.92. The topological polar surface area (TPSA) is 58.5 Å². The molecule has 0 bridgehead atoms. The highest BCUT2D eigenvalue weighted by Gasteiger charge is 2.29. The maximum absolute atomic E-state index is 11.3. The zero-order valence-electron chi connectivity index (χ0n) is 9.19. The molecule has 4 nitrogen and oxygen atoms in total. The highest BCUT2D eigenvalue weighted by molar-refractivity contribution is 8.15. The lowest BCUT2D eigenvalue weighted by Crippen LogP contribution is -2.23. The van der Waals surface area contributed by atoms with Crippen molar-refractivity contribution in [3.8, 4) is 0 Å². The van der Waals surface area contributed by atoms with Crippen LogP contribution in [-0.2, 0) is 9.84 Å². The van der Waals surface area contributed by atoms with E-state index in [0.29, 0.717) is 11.5 Å². The minimum absolute atomic E-state index is 0.180. The Balaban J connectivity index is 2.50. The summed E-state index contributed by atoms with van der Waals surface area (Å²) in [5.41, 5.74) is 0. The van der Waals surface area contributed by atoms with E-state index >= 15 is 0 Å². The van der Waals surface area contributed by atoms with E-state index in [1.807, 2.05) is 13.8 Å². The summed E-state index contributed by atoms with van der Waals surface area (Å²) in [4.78, 5) is 4.30. The van der Waals surface area contributed by atoms with Crippen molar-refractivity contribution in [2.24, 2.45) is 4.99 Å². The summed E-state index contributed by atoms with van der Waals surface area (Å²) < 4.78 is 22.5. The van der Waals surface area contributed by atoms with Crippen LogP contribution in [0, 0.1) is 0 Å². The van der Waals surface area contributed by atoms with E-state index in [1.165, 1.54) is 0 Å². The number of nitrogens with zero attached hydrogens (tertiary/aromatic N) is 1. The highest BCUT2D eigenvalue weighted by atomic mass is 32.2. The Morgan fingerprint density at radius 2 is 2.27 bits per heavy atom. The van der Waals surface area contributed by atoms with Gasteiger partial charge in [-0.05, 0) is 20.3 Å². The largest absolute Gasteiger partial charge is 0.365 e. The minimum atomic E-state index is -2.77. The van der Waals surface area contributed by atoms with E-state index in [-0.39, 0.29) is 5.25 Å². The van der Waals surface area contributed by atoms with E-state index < -0.39 is 9.84 Å². The predicted molar refractivity (Wildman–Crippen MR) is 66.3 cm³/mol. The van der Waals surface area contributed by atoms with E-state index in [9.17, 15) is 8.42 Å². The SMILES string of the molecule is CCN=C(NCC)SC1CCS(=O)(=O)C1. The fourth-order valence-electron chi connectivity index (χ4n) is 1.44. The monoisotopic (exact) mass is 250 g/mol. The van der Waals surface area contributed by atoms with Crippen LogP contribution < -0.4 is 5.32 Å². The first kappa shape index (κ1) is 12.8. The lowest BCUT2D eigenvalue weighted by molar-refractivity contribution is 0.602. The fraction of sp³-hybridized carbons (Fsp3) is 0.889. The third kappa shape index (κ3) is 4.42. The molecule has 1 N–H and O–H groups in total. The maximum Gasteiger partial charge on any atom is 0.156 e. The van der Waals surface area contributed by atoms with E-state index in [1.54, 1.807) is 11.8 Å². The van der Waals surface area contributed by atoms with Crippen molar-refractivity contribution in [3.05, 3.63) is 0 Å². The number of thioether (sulfide) groups is 1. The summed E-state index contributed by atoms with van der Waals surface area (Å²) in [5.74, 6) is 0.627. The molecule has 88 valence electrons. The van der Waals surface area contributed by atoms with Gasteiger partial charge in [-0.15, -0.1) is 0 Å². The molecule has 1 atom stereocenters. The summed E-state index contributed by atoms with van der Waals surface area (Å²) in [5, 5.41) is 4.21. The van der Waals surface area contributed by atoms with E-state index in [0.717, 1.165) is 24.7 Å². The zero-order valence-corrected chi connectivity index (χ0v) is 10.8. The molecule has 1 aliphatic heterocycles. The van der Waals surface area contributed by atoms with Crippen LogP contribution in [0.15, 0.2) is 4.99 Å². The van der Waals surface area contributed by atoms with Gasteiger partial charge in [-0.25, -0.2) is 8.42 Å². The standard InChI is InChI=1S/C9H18N2O2S2/c1-3-10-9(11-4-2)14-8-5-6-15(12,13)7-8/h8H,3-7H2,1-2H3,(H,10,11). The van der Waals surface area contributed by atoms with Gasteiger partial charge in [0.2, 0.25) is 0 Å². The molecule has 0 aromatic rings. The number of hydrogen-bond acceptors (Lipinski definition) is 4. The average Bonchev–Trinajstić information content (AvgIpc) is 2.46. The zero-order chi connectivity index (χ0) is 11.3. The Morgan fingerprint density at radius 1 is 1.53 bits per heavy atom. The second-order valence-corrected chi connectivity index (χ2v) is 6.97. The van der Waals surface area contributed by atoms with Crippen molar-refractivity contribution >= 4 is 26.8 Å². The third-order valence-corrected chi connectivity index (χ3v) is 5.31. The number of nitrogens with one attached hydrogen (secondary N) is 1. The molecule has 0 saturated carbocycles. The molecule has 0 amide bonds. The van der Waals surface area contributed by atoms with Crippen molar-refractivity contribution in [2.75, 3.05) is 24.6 Å². The molecule has 1 heterocycles. The van der Waals surface area contributed by atoms with Crippen molar-refractivity contribution in [2.45, 2.75) is 25.5 Å². The first-order valence-electron chi connectivity index (χ1n) is 5.22. The quantitative estimate of drug-likeness (QED) is 0.597. The summed E-state index contributed by atoms with van der Waals surface area (Å²) >= 11 is 1.56. The third-order valence-electron chi connectivity index (χ3n) is 2.10. The molecule has 1 fully saturated rings. The fourth-order valence-corrected chi connectivity index (χ4v) is 5.01. The first-order chi connectivity index (χ1) is 7.07. The minimum Gasteiger partial charge on any atom is -0.365 e. The van der Waals surface area contributed by atoms with Crippen LogP contribution >= 0.6 is 11.8 Å². The molecule has 1 rings (SSSR count). The van der Waals surface area contributed by atoms with Crippen LogP contribution in [0.3, 0.4) is 0 Å². The lowest BCUT2D eigenvalue weighted by atomic mass is 10.4. The molecule has 0 aromatic carbocycles. The van der Waals surface area contributed by atoms with Crippen LogP contribution in [-0.4, -0.2) is 43.4 Å². The van der Waals surface area contributed by atoms with Gasteiger partial charge in [0.1, 0.15) is 0 Å². The Bertz CT molecular complexity index is 325.